The Bertz CT molecular complexity index is 1110. The van der Waals surface area contributed by atoms with E-state index >= 15 is 0 Å². The van der Waals surface area contributed by atoms with Gasteiger partial charge >= 0.3 is 0 Å². The van der Waals surface area contributed by atoms with Crippen molar-refractivity contribution in [1.29, 1.82) is 0 Å². The predicted octanol–water partition coefficient (Wildman–Crippen LogP) is 3.23. The second kappa shape index (κ2) is 10.3. The number of hydrogen-bond acceptors (Lipinski definition) is 5. The fourth-order valence-electron chi connectivity index (χ4n) is 3.30. The van der Waals surface area contributed by atoms with E-state index in [1.807, 2.05) is 60.7 Å². The summed E-state index contributed by atoms with van der Waals surface area (Å²) >= 11 is 0. The number of likely N-dealkylation sites (N-methyl/N-ethyl adjacent to an activating group) is 1. The molecule has 168 valence electrons. The molecule has 0 radical (unpaired) electrons. The quantitative estimate of drug-likeness (QED) is 0.537. The number of rotatable bonds is 9. The van der Waals surface area contributed by atoms with Crippen LogP contribution in [0.1, 0.15) is 17.2 Å². The number of sulfonamides is 1. The normalized spacial score (nSPS) is 11.4. The first-order valence-electron chi connectivity index (χ1n) is 9.94. The van der Waals surface area contributed by atoms with Crippen molar-refractivity contribution in [1.82, 2.24) is 9.62 Å². The Morgan fingerprint density at radius 2 is 1.47 bits per heavy atom. The van der Waals surface area contributed by atoms with Gasteiger partial charge in [-0.15, -0.1) is 0 Å². The molecule has 0 bridgehead atoms. The molecular formula is C24H26N2O5S. The molecule has 3 aromatic carbocycles. The van der Waals surface area contributed by atoms with Crippen LogP contribution in [0.4, 0.5) is 0 Å². The Morgan fingerprint density at radius 3 is 1.97 bits per heavy atom. The van der Waals surface area contributed by atoms with Gasteiger partial charge in [0, 0.05) is 13.1 Å². The maximum atomic E-state index is 13.2. The topological polar surface area (TPSA) is 84.9 Å². The van der Waals surface area contributed by atoms with Crippen LogP contribution in [-0.2, 0) is 14.8 Å². The fourth-order valence-corrected chi connectivity index (χ4v) is 4.59. The summed E-state index contributed by atoms with van der Waals surface area (Å²) in [6.45, 7) is -0.362. The zero-order valence-corrected chi connectivity index (χ0v) is 19.0. The van der Waals surface area contributed by atoms with Crippen LogP contribution in [0.15, 0.2) is 83.8 Å². The van der Waals surface area contributed by atoms with Gasteiger partial charge in [0.2, 0.25) is 15.9 Å². The van der Waals surface area contributed by atoms with Crippen LogP contribution in [0, 0.1) is 0 Å². The van der Waals surface area contributed by atoms with Crippen molar-refractivity contribution in [3.05, 3.63) is 90.0 Å². The standard InChI is InChI=1S/C24H26N2O5S/c1-26(32(28,29)22-16-20(30-2)14-15-21(22)31-3)17-23(27)25-24(18-10-6-4-7-11-18)19-12-8-5-9-13-19/h4-16,24H,17H2,1-3H3,(H,25,27). The van der Waals surface area contributed by atoms with Crippen LogP contribution >= 0.6 is 0 Å². The summed E-state index contributed by atoms with van der Waals surface area (Å²) in [7, 11) is 0.182. The lowest BCUT2D eigenvalue weighted by atomic mass is 9.99. The molecule has 0 atom stereocenters. The highest BCUT2D eigenvalue weighted by Crippen LogP contribution is 2.30. The Balaban J connectivity index is 1.82. The summed E-state index contributed by atoms with van der Waals surface area (Å²) in [5.41, 5.74) is 1.79. The first-order chi connectivity index (χ1) is 15.4. The molecule has 0 unspecified atom stereocenters. The minimum absolute atomic E-state index is 0.0719. The molecule has 8 heteroatoms. The highest BCUT2D eigenvalue weighted by molar-refractivity contribution is 7.89. The summed E-state index contributed by atoms with van der Waals surface area (Å²) in [5.74, 6) is 0.107. The Morgan fingerprint density at radius 1 is 0.906 bits per heavy atom. The lowest BCUT2D eigenvalue weighted by molar-refractivity contribution is -0.121. The number of amides is 1. The number of nitrogens with one attached hydrogen (secondary N) is 1. The van der Waals surface area contributed by atoms with Gasteiger partial charge < -0.3 is 14.8 Å². The van der Waals surface area contributed by atoms with Gasteiger partial charge in [0.05, 0.1) is 26.8 Å². The third-order valence-corrected chi connectivity index (χ3v) is 6.82. The minimum Gasteiger partial charge on any atom is -0.497 e. The van der Waals surface area contributed by atoms with Gasteiger partial charge in [-0.05, 0) is 23.3 Å². The molecule has 3 rings (SSSR count). The molecule has 0 aromatic heterocycles. The molecule has 0 saturated carbocycles. The highest BCUT2D eigenvalue weighted by atomic mass is 32.2. The molecule has 1 N–H and O–H groups in total. The van der Waals surface area contributed by atoms with Crippen LogP contribution in [0.3, 0.4) is 0 Å². The van der Waals surface area contributed by atoms with Gasteiger partial charge in [-0.25, -0.2) is 8.42 Å². The molecule has 1 amide bonds. The van der Waals surface area contributed by atoms with Crippen LogP contribution in [-0.4, -0.2) is 46.4 Å². The predicted molar refractivity (Wildman–Crippen MR) is 122 cm³/mol. The van der Waals surface area contributed by atoms with Gasteiger partial charge in [0.15, 0.2) is 0 Å². The first kappa shape index (κ1) is 23.3. The molecule has 0 heterocycles. The van der Waals surface area contributed by atoms with E-state index in [1.165, 1.54) is 33.4 Å². The molecule has 0 aliphatic heterocycles. The molecule has 7 nitrogen and oxygen atoms in total. The van der Waals surface area contributed by atoms with Crippen LogP contribution in [0.2, 0.25) is 0 Å². The fraction of sp³-hybridized carbons (Fsp3) is 0.208. The summed E-state index contributed by atoms with van der Waals surface area (Å²) in [6.07, 6.45) is 0. The Labute approximate surface area is 188 Å². The Kier molecular flexibility index (Phi) is 7.50. The van der Waals surface area contributed by atoms with Crippen LogP contribution in [0.25, 0.3) is 0 Å². The lowest BCUT2D eigenvalue weighted by Gasteiger charge is -2.23. The molecule has 0 aliphatic carbocycles. The smallest absolute Gasteiger partial charge is 0.247 e. The van der Waals surface area contributed by atoms with Crippen LogP contribution < -0.4 is 14.8 Å². The summed E-state index contributed by atoms with van der Waals surface area (Å²) in [4.78, 5) is 12.8. The van der Waals surface area contributed by atoms with Gasteiger partial charge in [-0.2, -0.15) is 4.31 Å². The van der Waals surface area contributed by atoms with Gasteiger partial charge in [0.25, 0.3) is 0 Å². The monoisotopic (exact) mass is 454 g/mol. The minimum atomic E-state index is -4.01. The summed E-state index contributed by atoms with van der Waals surface area (Å²) in [6, 6.07) is 23.1. The number of ether oxygens (including phenoxy) is 2. The number of nitrogens with zero attached hydrogens (tertiary/aromatic N) is 1. The van der Waals surface area contributed by atoms with Gasteiger partial charge in [0.1, 0.15) is 16.4 Å². The maximum absolute atomic E-state index is 13.2. The average Bonchev–Trinajstić information content (AvgIpc) is 2.83. The van der Waals surface area contributed by atoms with Gasteiger partial charge in [-0.3, -0.25) is 4.79 Å². The van der Waals surface area contributed by atoms with Crippen molar-refractivity contribution in [2.45, 2.75) is 10.9 Å². The van der Waals surface area contributed by atoms with E-state index in [1.54, 1.807) is 6.07 Å². The van der Waals surface area contributed by atoms with Crippen molar-refractivity contribution in [3.8, 4) is 11.5 Å². The molecular weight excluding hydrogens is 428 g/mol. The van der Waals surface area contributed by atoms with E-state index in [4.69, 9.17) is 9.47 Å². The number of carbonyl (C=O) groups excluding carboxylic acids is 1. The second-order valence-corrected chi connectivity index (χ2v) is 9.11. The molecule has 32 heavy (non-hydrogen) atoms. The maximum Gasteiger partial charge on any atom is 0.247 e. The van der Waals surface area contributed by atoms with E-state index in [-0.39, 0.29) is 17.2 Å². The zero-order chi connectivity index (χ0) is 23.1. The zero-order valence-electron chi connectivity index (χ0n) is 18.2. The molecule has 3 aromatic rings. The molecule has 0 saturated heterocycles. The SMILES string of the molecule is COc1ccc(OC)c(S(=O)(=O)N(C)CC(=O)NC(c2ccccc2)c2ccccc2)c1. The Hall–Kier alpha value is -3.36. The summed E-state index contributed by atoms with van der Waals surface area (Å²) in [5, 5.41) is 2.95. The first-order valence-corrected chi connectivity index (χ1v) is 11.4. The number of benzene rings is 3. The van der Waals surface area contributed by atoms with E-state index in [0.717, 1.165) is 15.4 Å². The number of hydrogen-bond donors (Lipinski definition) is 1. The van der Waals surface area contributed by atoms with Crippen molar-refractivity contribution in [2.24, 2.45) is 0 Å². The summed E-state index contributed by atoms with van der Waals surface area (Å²) < 4.78 is 37.6. The second-order valence-electron chi connectivity index (χ2n) is 7.10. The van der Waals surface area contributed by atoms with E-state index in [9.17, 15) is 13.2 Å². The largest absolute Gasteiger partial charge is 0.497 e. The van der Waals surface area contributed by atoms with Crippen molar-refractivity contribution >= 4 is 15.9 Å². The molecule has 0 aliphatic rings. The number of carbonyl (C=O) groups is 1. The van der Waals surface area contributed by atoms with Gasteiger partial charge in [-0.1, -0.05) is 60.7 Å². The third kappa shape index (κ3) is 5.27. The highest BCUT2D eigenvalue weighted by Gasteiger charge is 2.28. The van der Waals surface area contributed by atoms with E-state index in [0.29, 0.717) is 5.75 Å². The number of methoxy groups -OCH3 is 2. The van der Waals surface area contributed by atoms with E-state index < -0.39 is 22.0 Å². The van der Waals surface area contributed by atoms with E-state index in [2.05, 4.69) is 5.32 Å². The van der Waals surface area contributed by atoms with Crippen LogP contribution in [0.5, 0.6) is 11.5 Å². The van der Waals surface area contributed by atoms with Crippen molar-refractivity contribution in [3.63, 3.8) is 0 Å². The van der Waals surface area contributed by atoms with Crippen molar-refractivity contribution in [2.75, 3.05) is 27.8 Å². The molecule has 0 fully saturated rings. The average molecular weight is 455 g/mol. The van der Waals surface area contributed by atoms with Crippen molar-refractivity contribution < 1.29 is 22.7 Å². The molecule has 0 spiro atoms. The third-order valence-electron chi connectivity index (χ3n) is 5.00. The lowest BCUT2D eigenvalue weighted by Crippen LogP contribution is -2.40.